The standard InChI is InChI=1S/C34H27BO4/c1-33(2)34(3,4)39-35(38-33)26-17-22(23-13-9-15-28-31(23)24-12-7-8-14-27(24)36-28)19-30-32(26)25-16-20-10-5-6-11-21(20)18-29(25)37-30/h5-19H,1-4H3. The fraction of sp³-hybridized carbons (Fsp3) is 0.176. The SMILES string of the molecule is CC1(C)OB(c2cc(-c3cccc4oc5ccccc5c34)cc3oc4cc5ccccc5cc4c23)OC1(C)C. The molecule has 1 saturated heterocycles. The molecule has 8 rings (SSSR count). The second kappa shape index (κ2) is 7.75. The summed E-state index contributed by atoms with van der Waals surface area (Å²) in [5.74, 6) is 0. The second-order valence-corrected chi connectivity index (χ2v) is 11.6. The van der Waals surface area contributed by atoms with E-state index in [1.165, 1.54) is 5.39 Å². The highest BCUT2D eigenvalue weighted by Crippen LogP contribution is 2.41. The first-order valence-electron chi connectivity index (χ1n) is 13.4. The van der Waals surface area contributed by atoms with E-state index < -0.39 is 18.3 Å². The Labute approximate surface area is 226 Å². The quantitative estimate of drug-likeness (QED) is 0.219. The molecule has 0 N–H and O–H groups in total. The van der Waals surface area contributed by atoms with Crippen LogP contribution in [0.2, 0.25) is 0 Å². The number of hydrogen-bond acceptors (Lipinski definition) is 4. The summed E-state index contributed by atoms with van der Waals surface area (Å²) in [6.07, 6.45) is 0. The van der Waals surface area contributed by atoms with Crippen LogP contribution < -0.4 is 5.46 Å². The van der Waals surface area contributed by atoms with Crippen molar-refractivity contribution in [3.05, 3.63) is 91.0 Å². The van der Waals surface area contributed by atoms with Crippen molar-refractivity contribution >= 4 is 67.2 Å². The summed E-state index contributed by atoms with van der Waals surface area (Å²) in [5, 5.41) is 6.60. The minimum absolute atomic E-state index is 0.465. The first kappa shape index (κ1) is 22.9. The molecule has 0 amide bonds. The highest BCUT2D eigenvalue weighted by atomic mass is 16.7. The van der Waals surface area contributed by atoms with Crippen molar-refractivity contribution in [3.63, 3.8) is 0 Å². The van der Waals surface area contributed by atoms with E-state index in [1.807, 2.05) is 24.3 Å². The lowest BCUT2D eigenvalue weighted by Gasteiger charge is -2.32. The molecule has 0 atom stereocenters. The number of para-hydroxylation sites is 1. The van der Waals surface area contributed by atoms with Crippen molar-refractivity contribution in [2.45, 2.75) is 38.9 Å². The number of rotatable bonds is 2. The lowest BCUT2D eigenvalue weighted by molar-refractivity contribution is 0.00578. The average molecular weight is 510 g/mol. The zero-order valence-corrected chi connectivity index (χ0v) is 22.4. The Morgan fingerprint density at radius 3 is 2.00 bits per heavy atom. The van der Waals surface area contributed by atoms with E-state index in [-0.39, 0.29) is 0 Å². The minimum Gasteiger partial charge on any atom is -0.456 e. The molecule has 3 heterocycles. The van der Waals surface area contributed by atoms with Crippen molar-refractivity contribution in [2.24, 2.45) is 0 Å². The van der Waals surface area contributed by atoms with E-state index in [4.69, 9.17) is 18.1 Å². The summed E-state index contributed by atoms with van der Waals surface area (Å²) in [7, 11) is -0.537. The summed E-state index contributed by atoms with van der Waals surface area (Å²) in [4.78, 5) is 0. The fourth-order valence-electron chi connectivity index (χ4n) is 5.95. The molecule has 2 aromatic heterocycles. The molecule has 0 aliphatic carbocycles. The maximum absolute atomic E-state index is 6.62. The van der Waals surface area contributed by atoms with E-state index in [0.29, 0.717) is 0 Å². The minimum atomic E-state index is -0.537. The van der Waals surface area contributed by atoms with Crippen LogP contribution in [0.5, 0.6) is 0 Å². The van der Waals surface area contributed by atoms with E-state index in [2.05, 4.69) is 94.4 Å². The van der Waals surface area contributed by atoms with E-state index >= 15 is 0 Å². The highest BCUT2D eigenvalue weighted by Gasteiger charge is 2.52. The maximum Gasteiger partial charge on any atom is 0.495 e. The molecule has 1 aliphatic rings. The zero-order chi connectivity index (χ0) is 26.5. The topological polar surface area (TPSA) is 44.7 Å². The van der Waals surface area contributed by atoms with Gasteiger partial charge in [-0.2, -0.15) is 0 Å². The van der Waals surface area contributed by atoms with E-state index in [1.54, 1.807) is 0 Å². The van der Waals surface area contributed by atoms with Crippen LogP contribution in [0.15, 0.2) is 99.8 Å². The normalized spacial score (nSPS) is 16.9. The summed E-state index contributed by atoms with van der Waals surface area (Å²) < 4.78 is 26.0. The van der Waals surface area contributed by atoms with Gasteiger partial charge in [-0.3, -0.25) is 0 Å². The highest BCUT2D eigenvalue weighted by molar-refractivity contribution is 6.66. The Hall–Kier alpha value is -4.06. The van der Waals surface area contributed by atoms with E-state index in [0.717, 1.165) is 65.9 Å². The smallest absolute Gasteiger partial charge is 0.456 e. The molecular formula is C34H27BO4. The third-order valence-corrected chi connectivity index (χ3v) is 8.69. The number of furan rings is 2. The zero-order valence-electron chi connectivity index (χ0n) is 22.4. The first-order chi connectivity index (χ1) is 18.8. The molecule has 1 aliphatic heterocycles. The third-order valence-electron chi connectivity index (χ3n) is 8.69. The van der Waals surface area contributed by atoms with Gasteiger partial charge in [0.05, 0.1) is 11.2 Å². The summed E-state index contributed by atoms with van der Waals surface area (Å²) in [5.41, 5.74) is 5.57. The van der Waals surface area contributed by atoms with Crippen LogP contribution in [-0.4, -0.2) is 18.3 Å². The predicted molar refractivity (Wildman–Crippen MR) is 160 cm³/mol. The van der Waals surface area contributed by atoms with Crippen LogP contribution in [0.3, 0.4) is 0 Å². The van der Waals surface area contributed by atoms with Crippen LogP contribution in [0.4, 0.5) is 0 Å². The van der Waals surface area contributed by atoms with Gasteiger partial charge in [0.2, 0.25) is 0 Å². The van der Waals surface area contributed by atoms with Gasteiger partial charge in [-0.05, 0) is 85.4 Å². The van der Waals surface area contributed by atoms with Gasteiger partial charge in [-0.15, -0.1) is 0 Å². The monoisotopic (exact) mass is 510 g/mol. The largest absolute Gasteiger partial charge is 0.495 e. The van der Waals surface area contributed by atoms with Crippen molar-refractivity contribution < 1.29 is 18.1 Å². The van der Waals surface area contributed by atoms with Crippen molar-refractivity contribution in [1.82, 2.24) is 0 Å². The molecule has 5 heteroatoms. The second-order valence-electron chi connectivity index (χ2n) is 11.6. The van der Waals surface area contributed by atoms with E-state index in [9.17, 15) is 0 Å². The van der Waals surface area contributed by atoms with Gasteiger partial charge < -0.3 is 18.1 Å². The predicted octanol–water partition coefficient (Wildman–Crippen LogP) is 8.60. The van der Waals surface area contributed by atoms with Gasteiger partial charge in [-0.1, -0.05) is 60.7 Å². The molecule has 0 bridgehead atoms. The van der Waals surface area contributed by atoms with Gasteiger partial charge >= 0.3 is 7.12 Å². The lowest BCUT2D eigenvalue weighted by atomic mass is 9.75. The van der Waals surface area contributed by atoms with Crippen molar-refractivity contribution in [3.8, 4) is 11.1 Å². The number of hydrogen-bond donors (Lipinski definition) is 0. The summed E-state index contributed by atoms with van der Waals surface area (Å²) in [6.45, 7) is 8.36. The Balaban J connectivity index is 1.46. The third kappa shape index (κ3) is 3.27. The molecule has 190 valence electrons. The fourth-order valence-corrected chi connectivity index (χ4v) is 5.95. The molecular weight excluding hydrogens is 483 g/mol. The van der Waals surface area contributed by atoms with Gasteiger partial charge in [0, 0.05) is 21.5 Å². The molecule has 0 spiro atoms. The molecule has 1 fully saturated rings. The molecule has 39 heavy (non-hydrogen) atoms. The molecule has 7 aromatic rings. The van der Waals surface area contributed by atoms with Gasteiger partial charge in [0.1, 0.15) is 22.3 Å². The summed E-state index contributed by atoms with van der Waals surface area (Å²) >= 11 is 0. The van der Waals surface area contributed by atoms with Gasteiger partial charge in [0.25, 0.3) is 0 Å². The van der Waals surface area contributed by atoms with Crippen LogP contribution in [0.25, 0.3) is 65.8 Å². The van der Waals surface area contributed by atoms with Crippen molar-refractivity contribution in [2.75, 3.05) is 0 Å². The number of fused-ring (bicyclic) bond motifs is 7. The van der Waals surface area contributed by atoms with Crippen molar-refractivity contribution in [1.29, 1.82) is 0 Å². The summed E-state index contributed by atoms with van der Waals surface area (Å²) in [6, 6.07) is 31.5. The lowest BCUT2D eigenvalue weighted by Crippen LogP contribution is -2.41. The molecule has 0 saturated carbocycles. The molecule has 0 unspecified atom stereocenters. The van der Waals surface area contributed by atoms with Crippen LogP contribution in [0.1, 0.15) is 27.7 Å². The molecule has 5 aromatic carbocycles. The maximum atomic E-state index is 6.62. The Morgan fingerprint density at radius 2 is 1.21 bits per heavy atom. The Morgan fingerprint density at radius 1 is 0.538 bits per heavy atom. The van der Waals surface area contributed by atoms with Crippen LogP contribution in [-0.2, 0) is 9.31 Å². The van der Waals surface area contributed by atoms with Crippen LogP contribution in [0, 0.1) is 0 Å². The molecule has 4 nitrogen and oxygen atoms in total. The Kier molecular flexibility index (Phi) is 4.55. The van der Waals surface area contributed by atoms with Crippen LogP contribution >= 0.6 is 0 Å². The number of benzene rings is 5. The Bertz CT molecular complexity index is 2080. The average Bonchev–Trinajstić information content (AvgIpc) is 3.54. The van der Waals surface area contributed by atoms with Gasteiger partial charge in [0.15, 0.2) is 0 Å². The molecule has 0 radical (unpaired) electrons. The van der Waals surface area contributed by atoms with Gasteiger partial charge in [-0.25, -0.2) is 0 Å². The first-order valence-corrected chi connectivity index (χ1v) is 13.4.